The van der Waals surface area contributed by atoms with Gasteiger partial charge in [-0.15, -0.1) is 20.4 Å². The van der Waals surface area contributed by atoms with Crippen LogP contribution in [0.25, 0.3) is 0 Å². The summed E-state index contributed by atoms with van der Waals surface area (Å²) in [6, 6.07) is 16.5. The molecule has 2 aromatic rings. The van der Waals surface area contributed by atoms with Gasteiger partial charge < -0.3 is 16.2 Å². The van der Waals surface area contributed by atoms with Crippen molar-refractivity contribution in [1.29, 1.82) is 0 Å². The Morgan fingerprint density at radius 3 is 2.18 bits per heavy atom. The van der Waals surface area contributed by atoms with Crippen LogP contribution in [0.4, 0.5) is 5.69 Å². The number of amidine groups is 1. The standard InChI is InChI=1S/C15H16N6O/c1-22-13-9-7-11(8-10-13)14(20-21-15(16)17)19-18-12-5-3-2-4-6-12/h2-10H,1H3,(H4,16,17,21)/b19-18?,20-14-. The van der Waals surface area contributed by atoms with Gasteiger partial charge in [-0.2, -0.15) is 0 Å². The van der Waals surface area contributed by atoms with Crippen molar-refractivity contribution in [3.63, 3.8) is 0 Å². The molecule has 0 saturated carbocycles. The van der Waals surface area contributed by atoms with Crippen LogP contribution in [-0.2, 0) is 0 Å². The molecule has 0 atom stereocenters. The number of hydrogen-bond donors (Lipinski definition) is 2. The minimum Gasteiger partial charge on any atom is -0.497 e. The zero-order valence-electron chi connectivity index (χ0n) is 12.0. The molecule has 0 radical (unpaired) electrons. The highest BCUT2D eigenvalue weighted by molar-refractivity contribution is 5.99. The van der Waals surface area contributed by atoms with Gasteiger partial charge in [0, 0.05) is 5.56 Å². The van der Waals surface area contributed by atoms with Crippen molar-refractivity contribution in [2.75, 3.05) is 7.11 Å². The predicted octanol–water partition coefficient (Wildman–Crippen LogP) is 2.41. The summed E-state index contributed by atoms with van der Waals surface area (Å²) in [6.45, 7) is 0. The number of benzene rings is 2. The summed E-state index contributed by atoms with van der Waals surface area (Å²) in [7, 11) is 1.60. The minimum atomic E-state index is -0.152. The third kappa shape index (κ3) is 4.41. The first-order valence-electron chi connectivity index (χ1n) is 6.47. The maximum Gasteiger partial charge on any atom is 0.211 e. The number of guanidine groups is 1. The van der Waals surface area contributed by atoms with Gasteiger partial charge in [0.1, 0.15) is 5.75 Å². The Morgan fingerprint density at radius 2 is 1.59 bits per heavy atom. The lowest BCUT2D eigenvalue weighted by Crippen LogP contribution is -2.22. The van der Waals surface area contributed by atoms with E-state index in [-0.39, 0.29) is 5.96 Å². The maximum absolute atomic E-state index is 5.30. The van der Waals surface area contributed by atoms with Crippen molar-refractivity contribution in [1.82, 2.24) is 0 Å². The van der Waals surface area contributed by atoms with Crippen LogP contribution < -0.4 is 16.2 Å². The quantitative estimate of drug-likeness (QED) is 0.391. The van der Waals surface area contributed by atoms with Crippen molar-refractivity contribution in [2.24, 2.45) is 31.9 Å². The average Bonchev–Trinajstić information content (AvgIpc) is 2.56. The van der Waals surface area contributed by atoms with Gasteiger partial charge in [-0.3, -0.25) is 0 Å². The molecule has 7 nitrogen and oxygen atoms in total. The molecule has 0 aliphatic carbocycles. The molecule has 0 aromatic heterocycles. The van der Waals surface area contributed by atoms with E-state index in [1.807, 2.05) is 30.3 Å². The van der Waals surface area contributed by atoms with E-state index in [1.54, 1.807) is 31.4 Å². The van der Waals surface area contributed by atoms with Crippen molar-refractivity contribution in [2.45, 2.75) is 0 Å². The zero-order valence-corrected chi connectivity index (χ0v) is 12.0. The number of ether oxygens (including phenoxy) is 1. The Kier molecular flexibility index (Phi) is 5.20. The van der Waals surface area contributed by atoms with E-state index >= 15 is 0 Å². The van der Waals surface area contributed by atoms with Crippen LogP contribution in [0.3, 0.4) is 0 Å². The molecule has 22 heavy (non-hydrogen) atoms. The van der Waals surface area contributed by atoms with Gasteiger partial charge in [-0.05, 0) is 36.4 Å². The third-order valence-electron chi connectivity index (χ3n) is 2.62. The lowest BCUT2D eigenvalue weighted by Gasteiger charge is -2.01. The van der Waals surface area contributed by atoms with E-state index in [0.29, 0.717) is 17.1 Å². The molecule has 0 heterocycles. The normalized spacial score (nSPS) is 11.4. The van der Waals surface area contributed by atoms with Gasteiger partial charge >= 0.3 is 0 Å². The van der Waals surface area contributed by atoms with E-state index in [4.69, 9.17) is 16.2 Å². The summed E-state index contributed by atoms with van der Waals surface area (Å²) in [5.74, 6) is 0.866. The van der Waals surface area contributed by atoms with Gasteiger partial charge in [-0.25, -0.2) is 0 Å². The van der Waals surface area contributed by atoms with E-state index in [0.717, 1.165) is 5.75 Å². The Bertz CT molecular complexity index is 688. The molecule has 0 unspecified atom stereocenters. The van der Waals surface area contributed by atoms with Crippen LogP contribution in [0.5, 0.6) is 5.75 Å². The van der Waals surface area contributed by atoms with Crippen molar-refractivity contribution < 1.29 is 4.74 Å². The molecule has 7 heteroatoms. The summed E-state index contributed by atoms with van der Waals surface area (Å²) in [5.41, 5.74) is 12.0. The van der Waals surface area contributed by atoms with E-state index in [9.17, 15) is 0 Å². The molecule has 2 aromatic carbocycles. The first-order chi connectivity index (χ1) is 10.7. The number of hydrogen-bond acceptors (Lipinski definition) is 4. The summed E-state index contributed by atoms with van der Waals surface area (Å²) in [5, 5.41) is 15.8. The van der Waals surface area contributed by atoms with E-state index in [2.05, 4.69) is 20.4 Å². The SMILES string of the molecule is COc1ccc(/C(N=Nc2ccccc2)=N/N=C(N)N)cc1. The van der Waals surface area contributed by atoms with E-state index in [1.165, 1.54) is 0 Å². The van der Waals surface area contributed by atoms with Gasteiger partial charge in [0.2, 0.25) is 11.8 Å². The lowest BCUT2D eigenvalue weighted by atomic mass is 10.2. The molecular weight excluding hydrogens is 280 g/mol. The Balaban J connectivity index is 2.32. The largest absolute Gasteiger partial charge is 0.497 e. The van der Waals surface area contributed by atoms with Crippen LogP contribution in [0, 0.1) is 0 Å². The Labute approximate surface area is 128 Å². The second-order valence-corrected chi connectivity index (χ2v) is 4.21. The Hall–Kier alpha value is -3.22. The number of nitrogens with two attached hydrogens (primary N) is 2. The summed E-state index contributed by atoms with van der Waals surface area (Å²) in [6.07, 6.45) is 0. The first-order valence-corrected chi connectivity index (χ1v) is 6.47. The highest BCUT2D eigenvalue weighted by atomic mass is 16.5. The first kappa shape index (κ1) is 15.2. The van der Waals surface area contributed by atoms with Gasteiger partial charge in [0.05, 0.1) is 12.8 Å². The fourth-order valence-electron chi connectivity index (χ4n) is 1.58. The number of rotatable bonds is 4. The molecule has 0 bridgehead atoms. The van der Waals surface area contributed by atoms with Crippen LogP contribution in [0.1, 0.15) is 5.56 Å². The summed E-state index contributed by atoms with van der Waals surface area (Å²) < 4.78 is 5.11. The number of azo groups is 1. The van der Waals surface area contributed by atoms with Crippen molar-refractivity contribution >= 4 is 17.5 Å². The molecule has 4 N–H and O–H groups in total. The van der Waals surface area contributed by atoms with E-state index < -0.39 is 0 Å². The molecule has 112 valence electrons. The molecule has 0 amide bonds. The fourth-order valence-corrected chi connectivity index (χ4v) is 1.58. The van der Waals surface area contributed by atoms with Crippen LogP contribution in [0.2, 0.25) is 0 Å². The number of nitrogens with zero attached hydrogens (tertiary/aromatic N) is 4. The molecule has 0 aliphatic rings. The summed E-state index contributed by atoms with van der Waals surface area (Å²) in [4.78, 5) is 0. The van der Waals surface area contributed by atoms with Crippen molar-refractivity contribution in [3.05, 3.63) is 60.2 Å². The highest BCUT2D eigenvalue weighted by Gasteiger charge is 2.03. The minimum absolute atomic E-state index is 0.152. The molecule has 0 saturated heterocycles. The molecule has 0 spiro atoms. The lowest BCUT2D eigenvalue weighted by molar-refractivity contribution is 0.415. The molecule has 0 fully saturated rings. The topological polar surface area (TPSA) is 111 Å². The monoisotopic (exact) mass is 296 g/mol. The maximum atomic E-state index is 5.30. The summed E-state index contributed by atoms with van der Waals surface area (Å²) >= 11 is 0. The smallest absolute Gasteiger partial charge is 0.211 e. The van der Waals surface area contributed by atoms with Crippen LogP contribution >= 0.6 is 0 Å². The number of methoxy groups -OCH3 is 1. The average molecular weight is 296 g/mol. The zero-order chi connectivity index (χ0) is 15.8. The Morgan fingerprint density at radius 1 is 0.909 bits per heavy atom. The van der Waals surface area contributed by atoms with Crippen molar-refractivity contribution in [3.8, 4) is 5.75 Å². The second kappa shape index (κ2) is 7.53. The van der Waals surface area contributed by atoms with Crippen LogP contribution in [0.15, 0.2) is 75.0 Å². The second-order valence-electron chi connectivity index (χ2n) is 4.21. The van der Waals surface area contributed by atoms with Crippen LogP contribution in [-0.4, -0.2) is 18.9 Å². The fraction of sp³-hybridized carbons (Fsp3) is 0.0667. The van der Waals surface area contributed by atoms with Gasteiger partial charge in [0.15, 0.2) is 0 Å². The third-order valence-corrected chi connectivity index (χ3v) is 2.62. The molecule has 2 rings (SSSR count). The molecule has 0 aliphatic heterocycles. The predicted molar refractivity (Wildman–Crippen MR) is 86.3 cm³/mol. The molecular formula is C15H16N6O. The van der Waals surface area contributed by atoms with Gasteiger partial charge in [0.25, 0.3) is 0 Å². The highest BCUT2D eigenvalue weighted by Crippen LogP contribution is 2.15. The van der Waals surface area contributed by atoms with Gasteiger partial charge in [-0.1, -0.05) is 18.2 Å².